The summed E-state index contributed by atoms with van der Waals surface area (Å²) in [5, 5.41) is 11.0. The van der Waals surface area contributed by atoms with E-state index in [1.54, 1.807) is 0 Å². The molecule has 490 valence electrons. The SMILES string of the molecule is CC(C)(C)c1ccnc(-n2c3[c-]c(Oc4[c-]c(-n5[c-][n+](-c6c(-c7ccc8c(c7)C(C)(C)CCC8(C)C)cccc6-c6ccc7c(c6)C(C)(C)CCC7(C)C)c6ccccc65)ccc4)c4c5ccccc5c5ccccc5c5cccc6c7ccccc7n(c56)c4c3c3ccccc32)c1.[Pt]. The Morgan fingerprint density at radius 1 is 0.444 bits per heavy atom. The number of pyridine rings is 1. The first-order valence-electron chi connectivity index (χ1n) is 35.0. The van der Waals surface area contributed by atoms with Crippen LogP contribution >= 0.6 is 0 Å². The zero-order chi connectivity index (χ0) is 66.9. The van der Waals surface area contributed by atoms with Crippen LogP contribution in [0.5, 0.6) is 11.5 Å². The van der Waals surface area contributed by atoms with E-state index < -0.39 is 0 Å². The molecule has 6 nitrogen and oxygen atoms in total. The average Bonchev–Trinajstić information content (AvgIpc) is 1.55. The molecule has 0 radical (unpaired) electrons. The van der Waals surface area contributed by atoms with Crippen molar-refractivity contribution in [1.82, 2.24) is 18.5 Å². The number of rotatable bonds is 7. The van der Waals surface area contributed by atoms with Crippen molar-refractivity contribution < 1.29 is 30.4 Å². The van der Waals surface area contributed by atoms with E-state index in [9.17, 15) is 0 Å². The fourth-order valence-corrected chi connectivity index (χ4v) is 17.1. The zero-order valence-corrected chi connectivity index (χ0v) is 60.5. The Hall–Kier alpha value is -9.87. The first kappa shape index (κ1) is 62.6. The van der Waals surface area contributed by atoms with Gasteiger partial charge in [0.1, 0.15) is 5.82 Å². The van der Waals surface area contributed by atoms with Crippen LogP contribution in [0.25, 0.3) is 132 Å². The summed E-state index contributed by atoms with van der Waals surface area (Å²) < 4.78 is 17.1. The Morgan fingerprint density at radius 3 is 1.59 bits per heavy atom. The summed E-state index contributed by atoms with van der Waals surface area (Å²) in [7, 11) is 0. The molecule has 0 unspecified atom stereocenters. The van der Waals surface area contributed by atoms with Crippen molar-refractivity contribution in [2.75, 3.05) is 0 Å². The summed E-state index contributed by atoms with van der Waals surface area (Å²) in [6.45, 7) is 26.2. The van der Waals surface area contributed by atoms with E-state index in [1.165, 1.54) is 49.7 Å². The molecule has 11 aromatic carbocycles. The number of imidazole rings is 1. The average molecular weight is 1470 g/mol. The predicted octanol–water partition coefficient (Wildman–Crippen LogP) is 23.5. The number of aromatic nitrogens is 5. The Balaban J connectivity index is 0.00000735. The van der Waals surface area contributed by atoms with E-state index in [0.717, 1.165) is 136 Å². The Labute approximate surface area is 594 Å². The minimum atomic E-state index is -0.137. The quantitative estimate of drug-likeness (QED) is 0.118. The largest absolute Gasteiger partial charge is 0.509 e. The van der Waals surface area contributed by atoms with Crippen LogP contribution in [0.3, 0.4) is 0 Å². The second kappa shape index (κ2) is 22.6. The third-order valence-electron chi connectivity index (χ3n) is 22.6. The normalized spacial score (nSPS) is 15.5. The number of benzene rings is 11. The molecule has 99 heavy (non-hydrogen) atoms. The minimum absolute atomic E-state index is 0. The van der Waals surface area contributed by atoms with Crippen LogP contribution < -0.4 is 9.30 Å². The number of nitrogens with zero attached hydrogens (tertiary/aromatic N) is 5. The van der Waals surface area contributed by atoms with E-state index in [2.05, 4.69) is 331 Å². The van der Waals surface area contributed by atoms with Crippen molar-refractivity contribution in [3.8, 4) is 50.9 Å². The van der Waals surface area contributed by atoms with E-state index in [0.29, 0.717) is 11.5 Å². The first-order chi connectivity index (χ1) is 47.2. The molecule has 0 bridgehead atoms. The molecule has 0 N–H and O–H groups in total. The molecule has 0 fully saturated rings. The summed E-state index contributed by atoms with van der Waals surface area (Å²) in [5.74, 6) is 1.91. The van der Waals surface area contributed by atoms with Gasteiger partial charge in [-0.1, -0.05) is 280 Å². The molecule has 0 saturated heterocycles. The van der Waals surface area contributed by atoms with E-state index in [1.807, 2.05) is 12.3 Å². The monoisotopic (exact) mass is 1460 g/mol. The van der Waals surface area contributed by atoms with Crippen molar-refractivity contribution in [2.24, 2.45) is 0 Å². The summed E-state index contributed by atoms with van der Waals surface area (Å²) in [6.07, 6.45) is 10.6. The molecular formula is C92H79N5OPt-2. The third kappa shape index (κ3) is 9.74. The Bertz CT molecular complexity index is 6000. The van der Waals surface area contributed by atoms with Gasteiger partial charge in [0, 0.05) is 60.4 Å². The van der Waals surface area contributed by atoms with Crippen LogP contribution in [0.1, 0.15) is 130 Å². The van der Waals surface area contributed by atoms with Crippen molar-refractivity contribution in [3.63, 3.8) is 0 Å². The summed E-state index contributed by atoms with van der Waals surface area (Å²) >= 11 is 0. The fraction of sp³-hybridized carbons (Fsp3) is 0.217. The molecule has 5 heterocycles. The molecule has 0 atom stereocenters. The van der Waals surface area contributed by atoms with Crippen molar-refractivity contribution in [2.45, 2.75) is 129 Å². The fourth-order valence-electron chi connectivity index (χ4n) is 17.1. The predicted molar refractivity (Wildman–Crippen MR) is 407 cm³/mol. The van der Waals surface area contributed by atoms with Gasteiger partial charge in [0.15, 0.2) is 0 Å². The van der Waals surface area contributed by atoms with Gasteiger partial charge < -0.3 is 18.3 Å². The van der Waals surface area contributed by atoms with Crippen molar-refractivity contribution >= 4 is 92.5 Å². The van der Waals surface area contributed by atoms with Crippen LogP contribution in [0.4, 0.5) is 0 Å². The first-order valence-corrected chi connectivity index (χ1v) is 35.0. The second-order valence-corrected chi connectivity index (χ2v) is 31.6. The van der Waals surface area contributed by atoms with Gasteiger partial charge in [0.05, 0.1) is 27.8 Å². The van der Waals surface area contributed by atoms with Gasteiger partial charge >= 0.3 is 0 Å². The molecule has 0 aliphatic heterocycles. The number of ether oxygens (including phenoxy) is 1. The zero-order valence-electron chi connectivity index (χ0n) is 58.2. The molecule has 2 aliphatic carbocycles. The maximum atomic E-state index is 7.79. The van der Waals surface area contributed by atoms with Gasteiger partial charge in [-0.3, -0.25) is 4.57 Å². The molecule has 18 rings (SSSR count). The van der Waals surface area contributed by atoms with Crippen molar-refractivity contribution in [3.05, 3.63) is 277 Å². The summed E-state index contributed by atoms with van der Waals surface area (Å²) in [6, 6.07) is 91.2. The van der Waals surface area contributed by atoms with Gasteiger partial charge in [-0.25, -0.2) is 4.98 Å². The van der Waals surface area contributed by atoms with E-state index >= 15 is 0 Å². The second-order valence-electron chi connectivity index (χ2n) is 31.6. The molecule has 7 heteroatoms. The van der Waals surface area contributed by atoms with Crippen LogP contribution in [-0.4, -0.2) is 18.5 Å². The molecular weight excluding hydrogens is 1390 g/mol. The van der Waals surface area contributed by atoms with E-state index in [-0.39, 0.29) is 48.1 Å². The standard InChI is InChI=1S/C92H79N5O.Pt/c1-88(2,3)59-45-50-93-82(53-59)96-77-38-19-17-32-71(77)83-80(96)55-81(84-68-31-15-14-28-65(68)64-27-12-13-29-66(64)69-35-24-36-70-67-30-16-18-37-76(67)97(86(69)70)87(83)84)98-61-26-22-25-60(54-61)94-56-95(79-40-21-20-39-78(79)94)85-62(57-41-43-72-74(51-57)91(8,9)48-46-89(72,4)5)33-23-34-63(85)58-42-44-73-75(52-58)92(10,11)49-47-90(73,6)7;/h12-45,50-53H,46-49H2,1-11H3;/q-2;. The number of hydrogen-bond donors (Lipinski definition) is 0. The molecule has 5 aromatic heterocycles. The van der Waals surface area contributed by atoms with Gasteiger partial charge in [-0.15, -0.1) is 18.2 Å². The Kier molecular flexibility index (Phi) is 14.3. The summed E-state index contributed by atoms with van der Waals surface area (Å²) in [5.41, 5.74) is 20.7. The van der Waals surface area contributed by atoms with Gasteiger partial charge in [0.2, 0.25) is 0 Å². The molecule has 2 aliphatic rings. The van der Waals surface area contributed by atoms with Gasteiger partial charge in [0.25, 0.3) is 6.33 Å². The number of hydrogen-bond acceptors (Lipinski definition) is 2. The van der Waals surface area contributed by atoms with Crippen LogP contribution in [0.2, 0.25) is 0 Å². The molecule has 16 aromatic rings. The molecule has 0 saturated carbocycles. The molecule has 0 spiro atoms. The van der Waals surface area contributed by atoms with Gasteiger partial charge in [-0.2, -0.15) is 12.1 Å². The third-order valence-corrected chi connectivity index (χ3v) is 22.6. The maximum Gasteiger partial charge on any atom is 0.268 e. The maximum absolute atomic E-state index is 7.79. The van der Waals surface area contributed by atoms with Crippen LogP contribution in [0, 0.1) is 18.5 Å². The number of fused-ring (bicyclic) bond motifs is 17. The topological polar surface area (TPSA) is 40.3 Å². The summed E-state index contributed by atoms with van der Waals surface area (Å²) in [4.78, 5) is 5.22. The van der Waals surface area contributed by atoms with Crippen LogP contribution in [0.15, 0.2) is 231 Å². The smallest absolute Gasteiger partial charge is 0.268 e. The van der Waals surface area contributed by atoms with Crippen LogP contribution in [-0.2, 0) is 48.1 Å². The minimum Gasteiger partial charge on any atom is -0.509 e. The number of para-hydroxylation sites is 6. The molecule has 0 amide bonds. The van der Waals surface area contributed by atoms with Crippen molar-refractivity contribution in [1.29, 1.82) is 0 Å². The van der Waals surface area contributed by atoms with E-state index in [4.69, 9.17) is 9.72 Å². The van der Waals surface area contributed by atoms with Gasteiger partial charge in [-0.05, 0) is 160 Å². The Morgan fingerprint density at radius 2 is 0.949 bits per heavy atom.